The Kier molecular flexibility index (Phi) is 5.58. The Morgan fingerprint density at radius 1 is 1.10 bits per heavy atom. The number of carbonyl (C=O) groups is 1. The fourth-order valence-electron chi connectivity index (χ4n) is 3.11. The predicted molar refractivity (Wildman–Crippen MR) is 99.7 cm³/mol. The van der Waals surface area contributed by atoms with Crippen molar-refractivity contribution in [2.45, 2.75) is 18.6 Å². The Morgan fingerprint density at radius 3 is 2.34 bits per heavy atom. The fourth-order valence-corrected chi connectivity index (χ4v) is 3.11. The van der Waals surface area contributed by atoms with Gasteiger partial charge in [-0.2, -0.15) is 8.78 Å². The van der Waals surface area contributed by atoms with Crippen molar-refractivity contribution in [2.24, 2.45) is 10.7 Å². The van der Waals surface area contributed by atoms with Crippen LogP contribution in [0.15, 0.2) is 59.6 Å². The smallest absolute Gasteiger partial charge is 0.387 e. The van der Waals surface area contributed by atoms with Gasteiger partial charge in [0.1, 0.15) is 5.75 Å². The number of alkyl halides is 4. The highest BCUT2D eigenvalue weighted by Gasteiger charge is 2.49. The Hall–Kier alpha value is -3.36. The van der Waals surface area contributed by atoms with E-state index in [0.29, 0.717) is 16.7 Å². The Balaban J connectivity index is 2.12. The van der Waals surface area contributed by atoms with E-state index < -0.39 is 24.5 Å². The van der Waals surface area contributed by atoms with E-state index in [0.717, 1.165) is 6.08 Å². The lowest BCUT2D eigenvalue weighted by Gasteiger charge is -2.26. The molecule has 0 aliphatic carbocycles. The molecule has 2 aromatic carbocycles. The van der Waals surface area contributed by atoms with Gasteiger partial charge in [0.05, 0.1) is 0 Å². The average Bonchev–Trinajstić information content (AvgIpc) is 2.92. The monoisotopic (exact) mass is 407 g/mol. The molecule has 1 heterocycles. The summed E-state index contributed by atoms with van der Waals surface area (Å²) in [5.41, 5.74) is 5.50. The van der Waals surface area contributed by atoms with Crippen molar-refractivity contribution in [3.63, 3.8) is 0 Å². The number of ether oxygens (including phenoxy) is 1. The van der Waals surface area contributed by atoms with Crippen molar-refractivity contribution in [3.05, 3.63) is 71.3 Å². The van der Waals surface area contributed by atoms with Crippen molar-refractivity contribution in [1.82, 2.24) is 4.90 Å². The molecule has 2 aromatic rings. The summed E-state index contributed by atoms with van der Waals surface area (Å²) < 4.78 is 54.2. The second kappa shape index (κ2) is 7.94. The summed E-state index contributed by atoms with van der Waals surface area (Å²) in [5.74, 6) is -0.577. The summed E-state index contributed by atoms with van der Waals surface area (Å²) in [6.45, 7) is -2.99. The fraction of sp³-hybridized carbons (Fsp3) is 0.200. The van der Waals surface area contributed by atoms with Gasteiger partial charge in [-0.3, -0.25) is 9.69 Å². The van der Waals surface area contributed by atoms with E-state index in [4.69, 9.17) is 5.73 Å². The molecule has 1 atom stereocenters. The van der Waals surface area contributed by atoms with Crippen LogP contribution in [0.5, 0.6) is 5.75 Å². The third kappa shape index (κ3) is 3.94. The number of hydrogen-bond acceptors (Lipinski definition) is 4. The number of hydrogen-bond donors (Lipinski definition) is 1. The molecule has 152 valence electrons. The number of nitrogens with zero attached hydrogens (tertiary/aromatic N) is 2. The first-order chi connectivity index (χ1) is 13.7. The van der Waals surface area contributed by atoms with Gasteiger partial charge in [-0.1, -0.05) is 36.4 Å². The van der Waals surface area contributed by atoms with Crippen molar-refractivity contribution in [3.8, 4) is 5.75 Å². The maximum absolute atomic E-state index is 13.1. The topological polar surface area (TPSA) is 67.9 Å². The molecule has 0 saturated carbocycles. The maximum atomic E-state index is 13.1. The molecule has 2 N–H and O–H groups in total. The number of benzene rings is 2. The molecule has 0 spiro atoms. The minimum absolute atomic E-state index is 0.0311. The van der Waals surface area contributed by atoms with Crippen LogP contribution in [0.3, 0.4) is 0 Å². The van der Waals surface area contributed by atoms with Gasteiger partial charge in [-0.25, -0.2) is 13.8 Å². The SMILES string of the molecule is CN1C(=O)C(c2ccc(OC(F)F)cc2)(c2cccc(/C=C/C(F)F)c2)N=C1N. The number of nitrogens with two attached hydrogens (primary N) is 1. The molecule has 9 heteroatoms. The molecular formula is C20H17F4N3O2. The Morgan fingerprint density at radius 2 is 1.79 bits per heavy atom. The molecule has 29 heavy (non-hydrogen) atoms. The lowest BCUT2D eigenvalue weighted by molar-refractivity contribution is -0.129. The maximum Gasteiger partial charge on any atom is 0.387 e. The highest BCUT2D eigenvalue weighted by Crippen LogP contribution is 2.40. The summed E-state index contributed by atoms with van der Waals surface area (Å²) in [6.07, 6.45) is -0.664. The van der Waals surface area contributed by atoms with E-state index in [1.165, 1.54) is 42.3 Å². The van der Waals surface area contributed by atoms with Crippen LogP contribution in [0.4, 0.5) is 17.6 Å². The number of guanidine groups is 1. The van der Waals surface area contributed by atoms with Gasteiger partial charge < -0.3 is 10.5 Å². The number of amides is 1. The largest absolute Gasteiger partial charge is 0.435 e. The molecule has 0 fully saturated rings. The van der Waals surface area contributed by atoms with Crippen LogP contribution in [-0.4, -0.2) is 36.9 Å². The molecule has 1 unspecified atom stereocenters. The molecule has 1 aliphatic rings. The van der Waals surface area contributed by atoms with Gasteiger partial charge in [0.2, 0.25) is 0 Å². The minimum Gasteiger partial charge on any atom is -0.435 e. The van der Waals surface area contributed by atoms with Gasteiger partial charge in [0, 0.05) is 7.05 Å². The predicted octanol–water partition coefficient (Wildman–Crippen LogP) is 3.60. The lowest BCUT2D eigenvalue weighted by atomic mass is 9.82. The summed E-state index contributed by atoms with van der Waals surface area (Å²) in [4.78, 5) is 18.7. The number of likely N-dealkylation sites (N-methyl/N-ethyl adjacent to an activating group) is 1. The van der Waals surface area contributed by atoms with Crippen LogP contribution < -0.4 is 10.5 Å². The van der Waals surface area contributed by atoms with E-state index in [2.05, 4.69) is 9.73 Å². The summed E-state index contributed by atoms with van der Waals surface area (Å²) >= 11 is 0. The molecule has 1 amide bonds. The standard InChI is InChI=1S/C20H17F4N3O2/c1-27-17(28)20(26-19(27)25,13-6-8-15(9-7-13)29-18(23)24)14-4-2-3-12(11-14)5-10-16(21)22/h2-11,16,18H,1H3,(H2,25,26)/b10-5+. The number of carbonyl (C=O) groups excluding carboxylic acids is 1. The van der Waals surface area contributed by atoms with Gasteiger partial charge >= 0.3 is 6.61 Å². The summed E-state index contributed by atoms with van der Waals surface area (Å²) in [7, 11) is 1.46. The second-order valence-corrected chi connectivity index (χ2v) is 6.27. The third-order valence-electron chi connectivity index (χ3n) is 4.48. The van der Waals surface area contributed by atoms with Crippen LogP contribution >= 0.6 is 0 Å². The van der Waals surface area contributed by atoms with E-state index in [1.54, 1.807) is 24.3 Å². The molecule has 0 radical (unpaired) electrons. The Bertz CT molecular complexity index is 960. The molecule has 1 aliphatic heterocycles. The zero-order valence-electron chi connectivity index (χ0n) is 15.2. The van der Waals surface area contributed by atoms with Crippen LogP contribution in [-0.2, 0) is 10.3 Å². The number of aliphatic imine (C=N–C) groups is 1. The number of rotatable bonds is 6. The van der Waals surface area contributed by atoms with Gasteiger partial charge in [0.25, 0.3) is 12.3 Å². The van der Waals surface area contributed by atoms with Gasteiger partial charge in [-0.15, -0.1) is 0 Å². The number of halogens is 4. The first-order valence-corrected chi connectivity index (χ1v) is 8.50. The van der Waals surface area contributed by atoms with Crippen molar-refractivity contribution < 1.29 is 27.1 Å². The molecule has 0 bridgehead atoms. The minimum atomic E-state index is -2.99. The van der Waals surface area contributed by atoms with Crippen LogP contribution in [0.1, 0.15) is 16.7 Å². The summed E-state index contributed by atoms with van der Waals surface area (Å²) in [6, 6.07) is 11.8. The second-order valence-electron chi connectivity index (χ2n) is 6.27. The highest BCUT2D eigenvalue weighted by atomic mass is 19.3. The normalized spacial score (nSPS) is 19.5. The quantitative estimate of drug-likeness (QED) is 0.744. The first-order valence-electron chi connectivity index (χ1n) is 8.50. The summed E-state index contributed by atoms with van der Waals surface area (Å²) in [5, 5.41) is 0. The van der Waals surface area contributed by atoms with Crippen LogP contribution in [0.25, 0.3) is 6.08 Å². The molecule has 0 aromatic heterocycles. The van der Waals surface area contributed by atoms with Gasteiger partial charge in [-0.05, 0) is 41.0 Å². The van der Waals surface area contributed by atoms with E-state index in [9.17, 15) is 22.4 Å². The molecular weight excluding hydrogens is 390 g/mol. The van der Waals surface area contributed by atoms with Crippen molar-refractivity contribution in [2.75, 3.05) is 7.05 Å². The highest BCUT2D eigenvalue weighted by molar-refractivity contribution is 6.09. The van der Waals surface area contributed by atoms with Crippen molar-refractivity contribution in [1.29, 1.82) is 0 Å². The van der Waals surface area contributed by atoms with E-state index in [-0.39, 0.29) is 11.7 Å². The van der Waals surface area contributed by atoms with E-state index >= 15 is 0 Å². The molecule has 5 nitrogen and oxygen atoms in total. The Labute approximate surface area is 164 Å². The lowest BCUT2D eigenvalue weighted by Crippen LogP contribution is -2.41. The zero-order valence-corrected chi connectivity index (χ0v) is 15.2. The molecule has 0 saturated heterocycles. The van der Waals surface area contributed by atoms with Crippen LogP contribution in [0.2, 0.25) is 0 Å². The van der Waals surface area contributed by atoms with E-state index in [1.807, 2.05) is 0 Å². The van der Waals surface area contributed by atoms with Gasteiger partial charge in [0.15, 0.2) is 11.5 Å². The van der Waals surface area contributed by atoms with Crippen LogP contribution in [0, 0.1) is 0 Å². The zero-order chi connectivity index (χ0) is 21.2. The first kappa shape index (κ1) is 20.4. The third-order valence-corrected chi connectivity index (χ3v) is 4.48. The average molecular weight is 407 g/mol. The van der Waals surface area contributed by atoms with Crippen molar-refractivity contribution >= 4 is 17.9 Å². The number of allylic oxidation sites excluding steroid dienone is 1. The molecule has 3 rings (SSSR count).